The molecule has 0 spiro atoms. The number of hydrogen-bond donors (Lipinski definition) is 0. The molecule has 0 unspecified atom stereocenters. The highest BCUT2D eigenvalue weighted by Gasteiger charge is 1.85. The Morgan fingerprint density at radius 2 is 1.77 bits per heavy atom. The summed E-state index contributed by atoms with van der Waals surface area (Å²) in [6.45, 7) is 3.27. The number of allylic oxidation sites excluding steroid dienone is 2. The number of unbranched alkanes of at least 4 members (excludes halogenated alkanes) is 4. The fourth-order valence-electron chi connectivity index (χ4n) is 1.05. The number of rotatable bonds is 9. The Labute approximate surface area is 81.0 Å². The van der Waals surface area contributed by atoms with Gasteiger partial charge in [0.1, 0.15) is 0 Å². The summed E-state index contributed by atoms with van der Waals surface area (Å²) < 4.78 is 4.57. The van der Waals surface area contributed by atoms with E-state index < -0.39 is 0 Å². The van der Waals surface area contributed by atoms with Crippen LogP contribution >= 0.6 is 0 Å². The van der Waals surface area contributed by atoms with Gasteiger partial charge < -0.3 is 4.74 Å². The minimum absolute atomic E-state index is 0.511. The smallest absolute Gasteiger partial charge is 0.293 e. The maximum Gasteiger partial charge on any atom is 0.293 e. The van der Waals surface area contributed by atoms with Crippen LogP contribution in [0.15, 0.2) is 12.2 Å². The van der Waals surface area contributed by atoms with Crippen LogP contribution in [0, 0.1) is 0 Å². The Morgan fingerprint density at radius 3 is 2.38 bits per heavy atom. The minimum Gasteiger partial charge on any atom is -0.468 e. The lowest BCUT2D eigenvalue weighted by Crippen LogP contribution is -1.90. The van der Waals surface area contributed by atoms with Crippen molar-refractivity contribution in [1.29, 1.82) is 0 Å². The molecule has 0 aliphatic heterocycles. The topological polar surface area (TPSA) is 26.3 Å². The average Bonchev–Trinajstić information content (AvgIpc) is 2.16. The van der Waals surface area contributed by atoms with E-state index in [9.17, 15) is 4.79 Å². The molecule has 13 heavy (non-hydrogen) atoms. The van der Waals surface area contributed by atoms with Crippen LogP contribution in [-0.4, -0.2) is 13.1 Å². The molecular weight excluding hydrogens is 164 g/mol. The molecule has 0 bridgehead atoms. The molecule has 0 radical (unpaired) electrons. The number of carbonyl (C=O) groups is 1. The molecule has 0 atom stereocenters. The Morgan fingerprint density at radius 1 is 1.08 bits per heavy atom. The molecule has 2 heteroatoms. The van der Waals surface area contributed by atoms with Crippen molar-refractivity contribution in [3.05, 3.63) is 12.2 Å². The summed E-state index contributed by atoms with van der Waals surface area (Å²) >= 11 is 0. The van der Waals surface area contributed by atoms with Crippen molar-refractivity contribution in [3.63, 3.8) is 0 Å². The minimum atomic E-state index is 0.511. The van der Waals surface area contributed by atoms with Gasteiger partial charge in [0.05, 0.1) is 6.61 Å². The standard InChI is InChI=1S/C11H20O2/c1-2-3-4-5-6-7-8-9-10-13-11-12/h5-6,11H,2-4,7-10H2,1H3/b6-5+. The molecule has 0 aromatic heterocycles. The maximum atomic E-state index is 9.78. The number of carbonyl (C=O) groups excluding carboxylic acids is 1. The molecule has 0 aromatic carbocycles. The normalized spacial score (nSPS) is 10.5. The molecule has 76 valence electrons. The molecule has 0 N–H and O–H groups in total. The van der Waals surface area contributed by atoms with Gasteiger partial charge in [-0.2, -0.15) is 0 Å². The summed E-state index contributed by atoms with van der Waals surface area (Å²) in [5.74, 6) is 0. The zero-order chi connectivity index (χ0) is 9.78. The molecule has 0 saturated heterocycles. The van der Waals surface area contributed by atoms with Crippen molar-refractivity contribution in [2.24, 2.45) is 0 Å². The SMILES string of the molecule is CCCC/C=C/CCCCOC=O. The third-order valence-electron chi connectivity index (χ3n) is 1.84. The van der Waals surface area contributed by atoms with Crippen LogP contribution in [0.3, 0.4) is 0 Å². The van der Waals surface area contributed by atoms with E-state index in [1.165, 1.54) is 19.3 Å². The molecule has 0 amide bonds. The summed E-state index contributed by atoms with van der Waals surface area (Å²) in [4.78, 5) is 9.78. The first-order valence-electron chi connectivity index (χ1n) is 5.12. The van der Waals surface area contributed by atoms with Crippen molar-refractivity contribution in [2.45, 2.75) is 45.4 Å². The molecular formula is C11H20O2. The fraction of sp³-hybridized carbons (Fsp3) is 0.727. The summed E-state index contributed by atoms with van der Waals surface area (Å²) in [5, 5.41) is 0. The zero-order valence-electron chi connectivity index (χ0n) is 8.50. The van der Waals surface area contributed by atoms with Crippen LogP contribution in [0.1, 0.15) is 45.4 Å². The van der Waals surface area contributed by atoms with Gasteiger partial charge in [-0.1, -0.05) is 31.9 Å². The molecule has 0 rings (SSSR count). The molecule has 0 saturated carbocycles. The highest BCUT2D eigenvalue weighted by Crippen LogP contribution is 2.00. The van der Waals surface area contributed by atoms with Crippen molar-refractivity contribution < 1.29 is 9.53 Å². The van der Waals surface area contributed by atoms with Gasteiger partial charge in [-0.25, -0.2) is 0 Å². The van der Waals surface area contributed by atoms with Crippen LogP contribution in [0.2, 0.25) is 0 Å². The number of ether oxygens (including phenoxy) is 1. The molecule has 0 aromatic rings. The number of hydrogen-bond acceptors (Lipinski definition) is 2. The Hall–Kier alpha value is -0.790. The predicted octanol–water partition coefficient (Wildman–Crippen LogP) is 3.08. The van der Waals surface area contributed by atoms with E-state index in [1.54, 1.807) is 0 Å². The van der Waals surface area contributed by atoms with Gasteiger partial charge >= 0.3 is 0 Å². The van der Waals surface area contributed by atoms with Crippen molar-refractivity contribution in [3.8, 4) is 0 Å². The van der Waals surface area contributed by atoms with Crippen LogP contribution in [0.25, 0.3) is 0 Å². The van der Waals surface area contributed by atoms with E-state index in [0.29, 0.717) is 13.1 Å². The van der Waals surface area contributed by atoms with E-state index in [0.717, 1.165) is 19.3 Å². The predicted molar refractivity (Wildman–Crippen MR) is 54.5 cm³/mol. The lowest BCUT2D eigenvalue weighted by Gasteiger charge is -1.95. The Kier molecular flexibility index (Phi) is 10.5. The van der Waals surface area contributed by atoms with Crippen molar-refractivity contribution in [2.75, 3.05) is 6.61 Å². The third kappa shape index (κ3) is 11.2. The second kappa shape index (κ2) is 11.2. The van der Waals surface area contributed by atoms with Crippen molar-refractivity contribution >= 4 is 6.47 Å². The van der Waals surface area contributed by atoms with Gasteiger partial charge in [-0.15, -0.1) is 0 Å². The highest BCUT2D eigenvalue weighted by atomic mass is 16.5. The second-order valence-electron chi connectivity index (χ2n) is 3.08. The van der Waals surface area contributed by atoms with Crippen molar-refractivity contribution in [1.82, 2.24) is 0 Å². The highest BCUT2D eigenvalue weighted by molar-refractivity contribution is 5.36. The van der Waals surface area contributed by atoms with Gasteiger partial charge in [0.2, 0.25) is 0 Å². The zero-order valence-corrected chi connectivity index (χ0v) is 8.50. The van der Waals surface area contributed by atoms with E-state index in [-0.39, 0.29) is 0 Å². The maximum absolute atomic E-state index is 9.78. The van der Waals surface area contributed by atoms with Gasteiger partial charge in [0, 0.05) is 0 Å². The van der Waals surface area contributed by atoms with Crippen LogP contribution in [-0.2, 0) is 9.53 Å². The van der Waals surface area contributed by atoms with E-state index in [2.05, 4.69) is 23.8 Å². The molecule has 0 aliphatic carbocycles. The summed E-state index contributed by atoms with van der Waals surface area (Å²) in [6, 6.07) is 0. The van der Waals surface area contributed by atoms with Crippen LogP contribution < -0.4 is 0 Å². The van der Waals surface area contributed by atoms with Crippen LogP contribution in [0.4, 0.5) is 0 Å². The first-order chi connectivity index (χ1) is 6.41. The molecule has 0 heterocycles. The molecule has 0 fully saturated rings. The van der Waals surface area contributed by atoms with Gasteiger partial charge in [0.15, 0.2) is 0 Å². The Bertz CT molecular complexity index is 130. The summed E-state index contributed by atoms with van der Waals surface area (Å²) in [7, 11) is 0. The quantitative estimate of drug-likeness (QED) is 0.313. The van der Waals surface area contributed by atoms with E-state index in [4.69, 9.17) is 0 Å². The summed E-state index contributed by atoms with van der Waals surface area (Å²) in [5.41, 5.74) is 0. The lowest BCUT2D eigenvalue weighted by molar-refractivity contribution is -0.128. The third-order valence-corrected chi connectivity index (χ3v) is 1.84. The summed E-state index contributed by atoms with van der Waals surface area (Å²) in [6.07, 6.45) is 11.4. The van der Waals surface area contributed by atoms with Gasteiger partial charge in [-0.05, 0) is 25.7 Å². The molecule has 2 nitrogen and oxygen atoms in total. The fourth-order valence-corrected chi connectivity index (χ4v) is 1.05. The first kappa shape index (κ1) is 12.2. The average molecular weight is 184 g/mol. The molecule has 0 aliphatic rings. The Balaban J connectivity index is 2.97. The van der Waals surface area contributed by atoms with Crippen LogP contribution in [0.5, 0.6) is 0 Å². The van der Waals surface area contributed by atoms with Gasteiger partial charge in [-0.3, -0.25) is 4.79 Å². The lowest BCUT2D eigenvalue weighted by atomic mass is 10.2. The first-order valence-corrected chi connectivity index (χ1v) is 5.12. The van der Waals surface area contributed by atoms with E-state index >= 15 is 0 Å². The van der Waals surface area contributed by atoms with E-state index in [1.807, 2.05) is 0 Å². The largest absolute Gasteiger partial charge is 0.468 e. The monoisotopic (exact) mass is 184 g/mol. The second-order valence-corrected chi connectivity index (χ2v) is 3.08. The van der Waals surface area contributed by atoms with Gasteiger partial charge in [0.25, 0.3) is 6.47 Å².